The van der Waals surface area contributed by atoms with Gasteiger partial charge in [0, 0.05) is 0 Å². The fraction of sp³-hybridized carbons (Fsp3) is 0.500. The van der Waals surface area contributed by atoms with Gasteiger partial charge in [-0.3, -0.25) is 0 Å². The van der Waals surface area contributed by atoms with Crippen LogP contribution in [-0.2, 0) is 6.42 Å². The van der Waals surface area contributed by atoms with Crippen molar-refractivity contribution in [2.45, 2.75) is 32.2 Å². The molecule has 1 aromatic carbocycles. The highest BCUT2D eigenvalue weighted by molar-refractivity contribution is 7.34. The molecule has 0 radical (unpaired) electrons. The summed E-state index contributed by atoms with van der Waals surface area (Å²) in [5, 5.41) is 0. The van der Waals surface area contributed by atoms with E-state index in [9.17, 15) is 0 Å². The minimum atomic E-state index is -1.57. The van der Waals surface area contributed by atoms with Gasteiger partial charge in [-0.2, -0.15) is 22.2 Å². The lowest BCUT2D eigenvalue weighted by Gasteiger charge is -2.18. The first kappa shape index (κ1) is 13.1. The van der Waals surface area contributed by atoms with Crippen molar-refractivity contribution in [1.29, 1.82) is 0 Å². The number of rotatable bonds is 5. The van der Waals surface area contributed by atoms with E-state index in [2.05, 4.69) is 38.1 Å². The Morgan fingerprint density at radius 2 is 1.73 bits per heavy atom. The third-order valence-electron chi connectivity index (χ3n) is 2.47. The van der Waals surface area contributed by atoms with Crippen LogP contribution in [0.25, 0.3) is 0 Å². The normalized spacial score (nSPS) is 13.5. The lowest BCUT2D eigenvalue weighted by Crippen LogP contribution is -2.13. The highest BCUT2D eigenvalue weighted by Gasteiger charge is 2.20. The van der Waals surface area contributed by atoms with Crippen molar-refractivity contribution < 1.29 is 0 Å². The third kappa shape index (κ3) is 5.05. The predicted molar refractivity (Wildman–Crippen MR) is 72.2 cm³/mol. The van der Waals surface area contributed by atoms with Gasteiger partial charge in [0.05, 0.1) is 0 Å². The van der Waals surface area contributed by atoms with Gasteiger partial charge in [0.2, 0.25) is 7.42 Å². The van der Waals surface area contributed by atoms with E-state index in [1.807, 2.05) is 6.07 Å². The van der Waals surface area contributed by atoms with Crippen LogP contribution < -0.4 is 0 Å². The number of benzene rings is 1. The third-order valence-corrected chi connectivity index (χ3v) is 5.83. The van der Waals surface area contributed by atoms with Crippen molar-refractivity contribution in [3.63, 3.8) is 0 Å². The van der Waals surface area contributed by atoms with E-state index in [1.165, 1.54) is 5.56 Å². The summed E-state index contributed by atoms with van der Waals surface area (Å²) in [6.45, 7) is 4.45. The molecule has 0 aliphatic carbocycles. The average molecular weight is 261 g/mol. The van der Waals surface area contributed by atoms with Crippen LogP contribution in [0.1, 0.15) is 25.8 Å². The van der Waals surface area contributed by atoms with Gasteiger partial charge in [-0.05, 0) is 29.9 Å². The summed E-state index contributed by atoms with van der Waals surface area (Å²) in [6, 6.07) is 10.5. The predicted octanol–water partition coefficient (Wildman–Crippen LogP) is 4.34. The van der Waals surface area contributed by atoms with Gasteiger partial charge in [0.25, 0.3) is 0 Å². The summed E-state index contributed by atoms with van der Waals surface area (Å²) in [6.07, 6.45) is 2.17. The number of hydrogen-bond acceptors (Lipinski definition) is 0. The van der Waals surface area contributed by atoms with Gasteiger partial charge in [-0.25, -0.2) is 0 Å². The highest BCUT2D eigenvalue weighted by Crippen LogP contribution is 2.29. The van der Waals surface area contributed by atoms with E-state index in [0.717, 1.165) is 12.8 Å². The van der Waals surface area contributed by atoms with E-state index < -0.39 is 7.42 Å². The SMILES string of the molecule is CC(C)CC(Cc1ccccc1)[SiH](Cl)Cl. The maximum atomic E-state index is 6.14. The van der Waals surface area contributed by atoms with Crippen LogP contribution in [0.5, 0.6) is 0 Å². The Labute approximate surface area is 104 Å². The summed E-state index contributed by atoms with van der Waals surface area (Å²) in [4.78, 5) is 0. The number of halogens is 2. The minimum absolute atomic E-state index is 0.496. The number of hydrogen-bond donors (Lipinski definition) is 0. The van der Waals surface area contributed by atoms with Crippen molar-refractivity contribution in [3.8, 4) is 0 Å². The molecule has 15 heavy (non-hydrogen) atoms. The Morgan fingerprint density at radius 1 is 1.13 bits per heavy atom. The quantitative estimate of drug-likeness (QED) is 0.546. The minimum Gasteiger partial charge on any atom is -0.150 e. The molecule has 0 bridgehead atoms. The Balaban J connectivity index is 2.59. The molecular weight excluding hydrogens is 243 g/mol. The average Bonchev–Trinajstić information content (AvgIpc) is 2.17. The largest absolute Gasteiger partial charge is 0.240 e. The van der Waals surface area contributed by atoms with Crippen LogP contribution in [0, 0.1) is 5.92 Å². The lowest BCUT2D eigenvalue weighted by molar-refractivity contribution is 0.553. The molecule has 1 aromatic rings. The summed E-state index contributed by atoms with van der Waals surface area (Å²) in [7, 11) is -1.57. The first-order chi connectivity index (χ1) is 7.09. The smallest absolute Gasteiger partial charge is 0.150 e. The molecule has 1 rings (SSSR count). The maximum absolute atomic E-state index is 6.14. The molecule has 0 nitrogen and oxygen atoms in total. The van der Waals surface area contributed by atoms with Crippen molar-refractivity contribution >= 4 is 29.6 Å². The Hall–Kier alpha value is 0.0169. The van der Waals surface area contributed by atoms with E-state index in [4.69, 9.17) is 22.2 Å². The summed E-state index contributed by atoms with van der Waals surface area (Å²) in [5.41, 5.74) is 1.85. The van der Waals surface area contributed by atoms with Gasteiger partial charge < -0.3 is 0 Å². The first-order valence-corrected chi connectivity index (χ1v) is 9.57. The summed E-state index contributed by atoms with van der Waals surface area (Å²) in [5.74, 6) is 0.672. The van der Waals surface area contributed by atoms with Crippen LogP contribution in [-0.4, -0.2) is 7.42 Å². The Morgan fingerprint density at radius 3 is 2.20 bits per heavy atom. The van der Waals surface area contributed by atoms with Crippen molar-refractivity contribution in [2.75, 3.05) is 0 Å². The second-order valence-electron chi connectivity index (χ2n) is 4.41. The van der Waals surface area contributed by atoms with Crippen molar-refractivity contribution in [2.24, 2.45) is 5.92 Å². The van der Waals surface area contributed by atoms with Gasteiger partial charge >= 0.3 is 0 Å². The molecule has 0 amide bonds. The first-order valence-electron chi connectivity index (χ1n) is 5.41. The summed E-state index contributed by atoms with van der Waals surface area (Å²) >= 11 is 12.3. The molecule has 0 aromatic heterocycles. The van der Waals surface area contributed by atoms with E-state index in [0.29, 0.717) is 11.5 Å². The lowest BCUT2D eigenvalue weighted by atomic mass is 10.0. The molecule has 0 aliphatic rings. The molecule has 0 saturated heterocycles. The summed E-state index contributed by atoms with van der Waals surface area (Å²) < 4.78 is 0. The van der Waals surface area contributed by atoms with E-state index in [-0.39, 0.29) is 0 Å². The van der Waals surface area contributed by atoms with E-state index in [1.54, 1.807) is 0 Å². The Bertz CT molecular complexity index is 272. The van der Waals surface area contributed by atoms with Crippen molar-refractivity contribution in [1.82, 2.24) is 0 Å². The fourth-order valence-electron chi connectivity index (χ4n) is 1.80. The van der Waals surface area contributed by atoms with E-state index >= 15 is 0 Å². The zero-order valence-electron chi connectivity index (χ0n) is 9.29. The molecule has 0 spiro atoms. The Kier molecular flexibility index (Phi) is 5.73. The second kappa shape index (κ2) is 6.57. The molecule has 84 valence electrons. The molecule has 1 unspecified atom stereocenters. The zero-order valence-corrected chi connectivity index (χ0v) is 12.0. The van der Waals surface area contributed by atoms with Crippen LogP contribution in [0.3, 0.4) is 0 Å². The fourth-order valence-corrected chi connectivity index (χ4v) is 4.15. The maximum Gasteiger partial charge on any atom is 0.240 e. The highest BCUT2D eigenvalue weighted by atomic mass is 35.7. The van der Waals surface area contributed by atoms with Crippen LogP contribution in [0.4, 0.5) is 0 Å². The van der Waals surface area contributed by atoms with Gasteiger partial charge in [-0.15, -0.1) is 0 Å². The molecule has 0 N–H and O–H groups in total. The molecule has 0 aliphatic heterocycles. The monoisotopic (exact) mass is 260 g/mol. The second-order valence-corrected chi connectivity index (χ2v) is 9.52. The molecule has 0 saturated carbocycles. The molecule has 0 fully saturated rings. The topological polar surface area (TPSA) is 0 Å². The zero-order chi connectivity index (χ0) is 11.3. The molecule has 1 atom stereocenters. The van der Waals surface area contributed by atoms with Gasteiger partial charge in [0.1, 0.15) is 0 Å². The molecule has 0 heterocycles. The van der Waals surface area contributed by atoms with Crippen molar-refractivity contribution in [3.05, 3.63) is 35.9 Å². The van der Waals surface area contributed by atoms with Crippen LogP contribution in [0.2, 0.25) is 5.54 Å². The van der Waals surface area contributed by atoms with Gasteiger partial charge in [0.15, 0.2) is 0 Å². The molecular formula is C12H18Cl2Si. The van der Waals surface area contributed by atoms with Gasteiger partial charge in [-0.1, -0.05) is 44.2 Å². The van der Waals surface area contributed by atoms with Crippen LogP contribution >= 0.6 is 22.2 Å². The standard InChI is InChI=1S/C12H18Cl2Si/c1-10(2)8-12(15(13)14)9-11-6-4-3-5-7-11/h3-7,10,12,15H,8-9H2,1-2H3. The van der Waals surface area contributed by atoms with Crippen LogP contribution in [0.15, 0.2) is 30.3 Å². The molecule has 3 heteroatoms.